The van der Waals surface area contributed by atoms with E-state index in [1.165, 1.54) is 12.3 Å². The molecule has 0 saturated carbocycles. The average molecular weight is 387 g/mol. The molecule has 0 atom stereocenters. The van der Waals surface area contributed by atoms with Gasteiger partial charge in [-0.05, 0) is 18.2 Å². The maximum absolute atomic E-state index is 12.1. The van der Waals surface area contributed by atoms with Crippen molar-refractivity contribution in [2.75, 3.05) is 44.4 Å². The number of nitrogens with zero attached hydrogens (tertiary/aromatic N) is 3. The van der Waals surface area contributed by atoms with Gasteiger partial charge in [0.15, 0.2) is 0 Å². The van der Waals surface area contributed by atoms with Crippen molar-refractivity contribution in [3.8, 4) is 11.5 Å². The lowest BCUT2D eigenvalue weighted by Gasteiger charge is -2.37. The summed E-state index contributed by atoms with van der Waals surface area (Å²) in [4.78, 5) is 28.9. The van der Waals surface area contributed by atoms with Gasteiger partial charge in [-0.25, -0.2) is 4.98 Å². The van der Waals surface area contributed by atoms with Crippen LogP contribution >= 0.6 is 0 Å². The number of carbonyl (C=O) groups is 1. The molecule has 1 aliphatic heterocycles. The smallest absolute Gasteiger partial charge is 0.296 e. The summed E-state index contributed by atoms with van der Waals surface area (Å²) < 4.78 is 10.9. The number of ether oxygens (including phenoxy) is 2. The van der Waals surface area contributed by atoms with Crippen LogP contribution in [0.4, 0.5) is 17.2 Å². The van der Waals surface area contributed by atoms with Gasteiger partial charge in [0.25, 0.3) is 5.69 Å². The highest BCUT2D eigenvalue weighted by molar-refractivity contribution is 5.91. The van der Waals surface area contributed by atoms with E-state index in [4.69, 9.17) is 9.47 Å². The third-order valence-corrected chi connectivity index (χ3v) is 4.29. The van der Waals surface area contributed by atoms with Gasteiger partial charge in [-0.2, -0.15) is 0 Å². The number of nitro groups is 1. The molecule has 3 rings (SSSR count). The zero-order valence-electron chi connectivity index (χ0n) is 15.5. The van der Waals surface area contributed by atoms with Gasteiger partial charge in [0.05, 0.1) is 23.6 Å². The number of rotatable bonds is 8. The predicted octanol–water partition coefficient (Wildman–Crippen LogP) is 2.09. The van der Waals surface area contributed by atoms with Crippen molar-refractivity contribution in [1.82, 2.24) is 9.88 Å². The molecule has 2 N–H and O–H groups in total. The van der Waals surface area contributed by atoms with Crippen LogP contribution in [0.15, 0.2) is 36.5 Å². The van der Waals surface area contributed by atoms with E-state index < -0.39 is 4.92 Å². The fraction of sp³-hybridized carbons (Fsp3) is 0.333. The first-order valence-corrected chi connectivity index (χ1v) is 8.63. The van der Waals surface area contributed by atoms with Crippen molar-refractivity contribution in [2.45, 2.75) is 6.10 Å². The minimum atomic E-state index is -0.485. The second kappa shape index (κ2) is 8.63. The zero-order chi connectivity index (χ0) is 20.1. The lowest BCUT2D eigenvalue weighted by molar-refractivity contribution is -0.384. The molecule has 0 bridgehead atoms. The Labute approximate surface area is 161 Å². The molecule has 2 aromatic rings. The summed E-state index contributed by atoms with van der Waals surface area (Å²) in [5.41, 5.74) is 0.299. The van der Waals surface area contributed by atoms with Crippen molar-refractivity contribution in [1.29, 1.82) is 0 Å². The van der Waals surface area contributed by atoms with E-state index in [9.17, 15) is 14.9 Å². The Kier molecular flexibility index (Phi) is 6.02. The molecule has 0 unspecified atom stereocenters. The molecule has 10 nitrogen and oxygen atoms in total. The van der Waals surface area contributed by atoms with Crippen molar-refractivity contribution < 1.29 is 19.2 Å². The van der Waals surface area contributed by atoms with Crippen molar-refractivity contribution in [3.63, 3.8) is 0 Å². The Morgan fingerprint density at radius 1 is 1.32 bits per heavy atom. The molecular formula is C18H21N5O5. The minimum absolute atomic E-state index is 0.0912. The summed E-state index contributed by atoms with van der Waals surface area (Å²) >= 11 is 0. The number of carbonyl (C=O) groups excluding carboxylic acids is 1. The number of nitrogens with one attached hydrogen (secondary N) is 2. The van der Waals surface area contributed by atoms with E-state index in [2.05, 4.69) is 15.6 Å². The molecule has 1 aliphatic rings. The average Bonchev–Trinajstić information content (AvgIpc) is 2.64. The standard InChI is InChI=1S/C18H21N5O5/c1-19-15-4-3-12(7-16(15)23(25)26)28-13-5-6-20-17(8-13)21-18(24)11-22-9-14(10-22)27-2/h3-8,14,19H,9-11H2,1-2H3,(H,20,21,24). The fourth-order valence-electron chi connectivity index (χ4n) is 2.80. The summed E-state index contributed by atoms with van der Waals surface area (Å²) in [5, 5.41) is 16.6. The van der Waals surface area contributed by atoms with Crippen molar-refractivity contribution >= 4 is 23.1 Å². The summed E-state index contributed by atoms with van der Waals surface area (Å²) in [5.74, 6) is 0.862. The Balaban J connectivity index is 1.63. The molecule has 28 heavy (non-hydrogen) atoms. The molecule has 1 fully saturated rings. The van der Waals surface area contributed by atoms with Crippen LogP contribution in [-0.4, -0.2) is 60.6 Å². The van der Waals surface area contributed by atoms with Gasteiger partial charge >= 0.3 is 0 Å². The molecule has 0 spiro atoms. The predicted molar refractivity (Wildman–Crippen MR) is 103 cm³/mol. The summed E-state index contributed by atoms with van der Waals surface area (Å²) in [6, 6.07) is 7.68. The van der Waals surface area contributed by atoms with E-state index in [-0.39, 0.29) is 24.2 Å². The zero-order valence-corrected chi connectivity index (χ0v) is 15.5. The number of benzene rings is 1. The van der Waals surface area contributed by atoms with E-state index in [0.29, 0.717) is 23.0 Å². The van der Waals surface area contributed by atoms with E-state index >= 15 is 0 Å². The van der Waals surface area contributed by atoms with Crippen LogP contribution < -0.4 is 15.4 Å². The number of pyridine rings is 1. The molecule has 1 saturated heterocycles. The number of hydrogen-bond donors (Lipinski definition) is 2. The van der Waals surface area contributed by atoms with Crippen LogP contribution in [0.3, 0.4) is 0 Å². The highest BCUT2D eigenvalue weighted by Gasteiger charge is 2.27. The number of anilines is 2. The first kappa shape index (κ1) is 19.5. The SMILES string of the molecule is CNc1ccc(Oc2ccnc(NC(=O)CN3CC(OC)C3)c2)cc1[N+](=O)[O-]. The quantitative estimate of drug-likeness (QED) is 0.522. The van der Waals surface area contributed by atoms with Crippen LogP contribution in [0, 0.1) is 10.1 Å². The van der Waals surface area contributed by atoms with Crippen LogP contribution in [0.5, 0.6) is 11.5 Å². The van der Waals surface area contributed by atoms with Gasteiger partial charge in [0.1, 0.15) is 23.0 Å². The maximum atomic E-state index is 12.1. The maximum Gasteiger partial charge on any atom is 0.296 e. The van der Waals surface area contributed by atoms with Crippen molar-refractivity contribution in [2.24, 2.45) is 0 Å². The Bertz CT molecular complexity index is 869. The molecule has 1 aromatic carbocycles. The van der Waals surface area contributed by atoms with Gasteiger partial charge in [-0.3, -0.25) is 19.8 Å². The van der Waals surface area contributed by atoms with E-state index in [1.807, 2.05) is 4.90 Å². The first-order chi connectivity index (χ1) is 13.5. The van der Waals surface area contributed by atoms with Gasteiger partial charge in [0.2, 0.25) is 5.91 Å². The molecule has 1 aromatic heterocycles. The molecule has 2 heterocycles. The van der Waals surface area contributed by atoms with E-state index in [0.717, 1.165) is 13.1 Å². The lowest BCUT2D eigenvalue weighted by Crippen LogP contribution is -2.54. The van der Waals surface area contributed by atoms with E-state index in [1.54, 1.807) is 38.4 Å². The lowest BCUT2D eigenvalue weighted by atomic mass is 10.2. The summed E-state index contributed by atoms with van der Waals surface area (Å²) in [7, 11) is 3.26. The molecule has 0 radical (unpaired) electrons. The second-order valence-electron chi connectivity index (χ2n) is 6.26. The monoisotopic (exact) mass is 387 g/mol. The molecule has 10 heteroatoms. The number of aromatic nitrogens is 1. The highest BCUT2D eigenvalue weighted by atomic mass is 16.6. The number of likely N-dealkylation sites (tertiary alicyclic amines) is 1. The highest BCUT2D eigenvalue weighted by Crippen LogP contribution is 2.31. The first-order valence-electron chi connectivity index (χ1n) is 8.63. The largest absolute Gasteiger partial charge is 0.457 e. The van der Waals surface area contributed by atoms with Crippen LogP contribution in [0.2, 0.25) is 0 Å². The fourth-order valence-corrected chi connectivity index (χ4v) is 2.80. The van der Waals surface area contributed by atoms with Crippen molar-refractivity contribution in [3.05, 3.63) is 46.6 Å². The Hall–Kier alpha value is -3.24. The number of amides is 1. The topological polar surface area (TPSA) is 119 Å². The summed E-state index contributed by atoms with van der Waals surface area (Å²) in [6.45, 7) is 1.70. The van der Waals surface area contributed by atoms with Gasteiger partial charge in [0, 0.05) is 39.5 Å². The van der Waals surface area contributed by atoms with Crippen LogP contribution in [0.1, 0.15) is 0 Å². The van der Waals surface area contributed by atoms with Gasteiger partial charge in [-0.15, -0.1) is 0 Å². The number of nitro benzene ring substituents is 1. The van der Waals surface area contributed by atoms with Crippen LogP contribution in [-0.2, 0) is 9.53 Å². The number of methoxy groups -OCH3 is 1. The second-order valence-corrected chi connectivity index (χ2v) is 6.26. The minimum Gasteiger partial charge on any atom is -0.457 e. The van der Waals surface area contributed by atoms with Gasteiger partial charge < -0.3 is 20.1 Å². The van der Waals surface area contributed by atoms with Crippen LogP contribution in [0.25, 0.3) is 0 Å². The third kappa shape index (κ3) is 4.72. The normalized spacial score (nSPS) is 14.2. The Morgan fingerprint density at radius 2 is 2.07 bits per heavy atom. The van der Waals surface area contributed by atoms with Gasteiger partial charge in [-0.1, -0.05) is 0 Å². The molecular weight excluding hydrogens is 366 g/mol. The molecule has 148 valence electrons. The number of hydrogen-bond acceptors (Lipinski definition) is 8. The Morgan fingerprint density at radius 3 is 2.75 bits per heavy atom. The third-order valence-electron chi connectivity index (χ3n) is 4.29. The summed E-state index contributed by atoms with van der Waals surface area (Å²) in [6.07, 6.45) is 1.67. The molecule has 1 amide bonds. The molecule has 0 aliphatic carbocycles.